The Morgan fingerprint density at radius 3 is 2.73 bits per heavy atom. The van der Waals surface area contributed by atoms with Crippen LogP contribution < -0.4 is 14.8 Å². The van der Waals surface area contributed by atoms with Gasteiger partial charge in [-0.1, -0.05) is 13.8 Å². The van der Waals surface area contributed by atoms with Gasteiger partial charge in [0.2, 0.25) is 6.79 Å². The number of aromatic nitrogens is 1. The van der Waals surface area contributed by atoms with E-state index in [-0.39, 0.29) is 36.5 Å². The van der Waals surface area contributed by atoms with Crippen LogP contribution in [0.5, 0.6) is 11.5 Å². The Balaban J connectivity index is 2.11. The van der Waals surface area contributed by atoms with Gasteiger partial charge in [-0.2, -0.15) is 0 Å². The molecule has 1 aromatic rings. The molecule has 11 heteroatoms. The third-order valence-electron chi connectivity index (χ3n) is 4.52. The van der Waals surface area contributed by atoms with Crippen LogP contribution in [0.1, 0.15) is 44.6 Å². The first kappa shape index (κ1) is 26.3. The van der Waals surface area contributed by atoms with Gasteiger partial charge in [0, 0.05) is 32.2 Å². The van der Waals surface area contributed by atoms with Crippen molar-refractivity contribution >= 4 is 17.8 Å². The standard InChI is InChI=1S/C22H32N2O9/c1-13(2)9-30-16-8-14(3)33-22(27)17(11-29-10-16)24-21(26)19-20(32-12-31-15(4)25)18(28-5)6-7-23-19/h6-7,13-14,16-17H,8-12H2,1-5H3,(H,24,26)/t14?,16?,17-/m0/s1. The fraction of sp³-hybridized carbons (Fsp3) is 0.636. The van der Waals surface area contributed by atoms with Gasteiger partial charge in [0.1, 0.15) is 6.10 Å². The summed E-state index contributed by atoms with van der Waals surface area (Å²) >= 11 is 0. The van der Waals surface area contributed by atoms with Crippen molar-refractivity contribution in [3.8, 4) is 11.5 Å². The molecule has 2 heterocycles. The predicted molar refractivity (Wildman–Crippen MR) is 115 cm³/mol. The molecule has 2 rings (SSSR count). The lowest BCUT2D eigenvalue weighted by Crippen LogP contribution is -2.45. The summed E-state index contributed by atoms with van der Waals surface area (Å²) in [5.74, 6) is -1.38. The maximum Gasteiger partial charge on any atom is 0.331 e. The number of amides is 1. The lowest BCUT2D eigenvalue weighted by Gasteiger charge is -2.21. The molecule has 0 aromatic carbocycles. The highest BCUT2D eigenvalue weighted by Gasteiger charge is 2.30. The molecule has 0 aliphatic carbocycles. The molecule has 33 heavy (non-hydrogen) atoms. The summed E-state index contributed by atoms with van der Waals surface area (Å²) in [4.78, 5) is 40.6. The van der Waals surface area contributed by atoms with Crippen molar-refractivity contribution in [2.24, 2.45) is 5.92 Å². The molecular weight excluding hydrogens is 436 g/mol. The summed E-state index contributed by atoms with van der Waals surface area (Å²) in [6, 6.07) is 0.411. The van der Waals surface area contributed by atoms with Gasteiger partial charge in [0.15, 0.2) is 23.2 Å². The number of rotatable bonds is 9. The molecule has 0 saturated carbocycles. The molecule has 0 bridgehead atoms. The Kier molecular flexibility index (Phi) is 10.3. The van der Waals surface area contributed by atoms with E-state index in [4.69, 9.17) is 28.4 Å². The zero-order valence-corrected chi connectivity index (χ0v) is 19.6. The third kappa shape index (κ3) is 8.50. The Morgan fingerprint density at radius 1 is 1.30 bits per heavy atom. The highest BCUT2D eigenvalue weighted by atomic mass is 16.7. The van der Waals surface area contributed by atoms with Crippen LogP contribution in [0.25, 0.3) is 0 Å². The normalized spacial score (nSPS) is 21.3. The number of ether oxygens (including phenoxy) is 6. The van der Waals surface area contributed by atoms with Crippen molar-refractivity contribution in [2.45, 2.75) is 52.4 Å². The molecule has 0 radical (unpaired) electrons. The largest absolute Gasteiger partial charge is 0.493 e. The smallest absolute Gasteiger partial charge is 0.331 e. The lowest BCUT2D eigenvalue weighted by atomic mass is 10.2. The first-order valence-corrected chi connectivity index (χ1v) is 10.7. The maximum absolute atomic E-state index is 12.9. The second-order valence-corrected chi connectivity index (χ2v) is 7.98. The van der Waals surface area contributed by atoms with Gasteiger partial charge in [-0.25, -0.2) is 9.78 Å². The minimum Gasteiger partial charge on any atom is -0.493 e. The van der Waals surface area contributed by atoms with E-state index in [1.165, 1.54) is 26.3 Å². The van der Waals surface area contributed by atoms with Gasteiger partial charge in [-0.3, -0.25) is 9.59 Å². The summed E-state index contributed by atoms with van der Waals surface area (Å²) < 4.78 is 32.3. The van der Waals surface area contributed by atoms with Crippen LogP contribution in [-0.2, 0) is 28.5 Å². The Labute approximate surface area is 193 Å². The Morgan fingerprint density at radius 2 is 2.06 bits per heavy atom. The van der Waals surface area contributed by atoms with Crippen LogP contribution in [0, 0.1) is 5.92 Å². The molecule has 2 unspecified atom stereocenters. The van der Waals surface area contributed by atoms with Gasteiger partial charge < -0.3 is 33.7 Å². The van der Waals surface area contributed by atoms with Crippen molar-refractivity contribution < 1.29 is 42.8 Å². The van der Waals surface area contributed by atoms with Gasteiger partial charge in [-0.15, -0.1) is 0 Å². The first-order chi connectivity index (χ1) is 15.7. The average molecular weight is 469 g/mol. The molecule has 1 aromatic heterocycles. The number of carbonyl (C=O) groups excluding carboxylic acids is 3. The molecular formula is C22H32N2O9. The molecule has 1 amide bonds. The molecule has 3 atom stereocenters. The van der Waals surface area contributed by atoms with E-state index in [0.29, 0.717) is 18.9 Å². The summed E-state index contributed by atoms with van der Waals surface area (Å²) in [5, 5.41) is 2.57. The second-order valence-electron chi connectivity index (χ2n) is 7.98. The summed E-state index contributed by atoms with van der Waals surface area (Å²) in [6.45, 7) is 7.34. The third-order valence-corrected chi connectivity index (χ3v) is 4.52. The highest BCUT2D eigenvalue weighted by molar-refractivity contribution is 5.98. The molecule has 1 aliphatic heterocycles. The number of methoxy groups -OCH3 is 1. The Hall–Kier alpha value is -2.92. The van der Waals surface area contributed by atoms with E-state index >= 15 is 0 Å². The zero-order chi connectivity index (χ0) is 24.4. The number of cyclic esters (lactones) is 1. The predicted octanol–water partition coefficient (Wildman–Crippen LogP) is 1.48. The molecule has 1 saturated heterocycles. The Bertz CT molecular complexity index is 815. The number of hydrogen-bond donors (Lipinski definition) is 1. The van der Waals surface area contributed by atoms with Crippen molar-refractivity contribution in [1.82, 2.24) is 10.3 Å². The zero-order valence-electron chi connectivity index (χ0n) is 19.6. The van der Waals surface area contributed by atoms with Gasteiger partial charge in [-0.05, 0) is 12.8 Å². The lowest BCUT2D eigenvalue weighted by molar-refractivity contribution is -0.152. The molecule has 1 N–H and O–H groups in total. The number of pyridine rings is 1. The van der Waals surface area contributed by atoms with Gasteiger partial charge in [0.05, 0.1) is 26.4 Å². The average Bonchev–Trinajstić information content (AvgIpc) is 2.81. The van der Waals surface area contributed by atoms with E-state index in [0.717, 1.165) is 0 Å². The minimum atomic E-state index is -1.07. The fourth-order valence-corrected chi connectivity index (χ4v) is 2.99. The second kappa shape index (κ2) is 12.9. The van der Waals surface area contributed by atoms with Crippen molar-refractivity contribution in [2.75, 3.05) is 33.7 Å². The van der Waals surface area contributed by atoms with Gasteiger partial charge >= 0.3 is 11.9 Å². The maximum atomic E-state index is 12.9. The summed E-state index contributed by atoms with van der Waals surface area (Å²) in [5.41, 5.74) is -0.152. The number of nitrogens with zero attached hydrogens (tertiary/aromatic N) is 1. The van der Waals surface area contributed by atoms with E-state index in [2.05, 4.69) is 10.3 Å². The number of nitrogens with one attached hydrogen (secondary N) is 1. The van der Waals surface area contributed by atoms with Crippen LogP contribution in [0.15, 0.2) is 12.3 Å². The van der Waals surface area contributed by atoms with Crippen molar-refractivity contribution in [1.29, 1.82) is 0 Å². The number of esters is 2. The summed E-state index contributed by atoms with van der Waals surface area (Å²) in [7, 11) is 1.39. The summed E-state index contributed by atoms with van der Waals surface area (Å²) in [6.07, 6.45) is 1.17. The van der Waals surface area contributed by atoms with Gasteiger partial charge in [0.25, 0.3) is 5.91 Å². The minimum absolute atomic E-state index is 0.0355. The molecule has 184 valence electrons. The van der Waals surface area contributed by atoms with Crippen LogP contribution >= 0.6 is 0 Å². The molecule has 1 aliphatic rings. The quantitative estimate of drug-likeness (QED) is 0.420. The van der Waals surface area contributed by atoms with E-state index < -0.39 is 36.8 Å². The van der Waals surface area contributed by atoms with E-state index in [1.807, 2.05) is 13.8 Å². The van der Waals surface area contributed by atoms with Crippen LogP contribution in [0.4, 0.5) is 0 Å². The highest BCUT2D eigenvalue weighted by Crippen LogP contribution is 2.29. The van der Waals surface area contributed by atoms with Crippen molar-refractivity contribution in [3.05, 3.63) is 18.0 Å². The molecule has 0 spiro atoms. The van der Waals surface area contributed by atoms with Crippen LogP contribution in [0.2, 0.25) is 0 Å². The SMILES string of the molecule is COc1ccnc(C(=O)N[C@H]2COCC(OCC(C)C)CC(C)OC2=O)c1OCOC(C)=O. The molecule has 11 nitrogen and oxygen atoms in total. The fourth-order valence-electron chi connectivity index (χ4n) is 2.99. The van der Waals surface area contributed by atoms with E-state index in [1.54, 1.807) is 6.92 Å². The van der Waals surface area contributed by atoms with Crippen molar-refractivity contribution in [3.63, 3.8) is 0 Å². The van der Waals surface area contributed by atoms with Crippen LogP contribution in [-0.4, -0.2) is 74.8 Å². The molecule has 1 fully saturated rings. The van der Waals surface area contributed by atoms with E-state index in [9.17, 15) is 14.4 Å². The number of hydrogen-bond acceptors (Lipinski definition) is 10. The number of carbonyl (C=O) groups is 3. The first-order valence-electron chi connectivity index (χ1n) is 10.7. The monoisotopic (exact) mass is 468 g/mol. The van der Waals surface area contributed by atoms with Crippen LogP contribution in [0.3, 0.4) is 0 Å². The topological polar surface area (TPSA) is 132 Å².